The molecule has 106 valence electrons. The summed E-state index contributed by atoms with van der Waals surface area (Å²) in [5.74, 6) is 1.53. The lowest BCUT2D eigenvalue weighted by atomic mass is 10.2. The van der Waals surface area contributed by atoms with E-state index < -0.39 is 0 Å². The first-order valence-electron chi connectivity index (χ1n) is 6.81. The van der Waals surface area contributed by atoms with Crippen LogP contribution in [-0.4, -0.2) is 12.6 Å². The third-order valence-electron chi connectivity index (χ3n) is 3.29. The van der Waals surface area contributed by atoms with Crippen LogP contribution < -0.4 is 15.0 Å². The van der Waals surface area contributed by atoms with Crippen molar-refractivity contribution in [1.29, 1.82) is 0 Å². The quantitative estimate of drug-likeness (QED) is 0.926. The summed E-state index contributed by atoms with van der Waals surface area (Å²) in [5.41, 5.74) is 1.61. The Morgan fingerprint density at radius 1 is 1.00 bits per heavy atom. The standard InChI is InChI=1S/C17H16N2O2/c1-13-11-12-19(17(20)18-13)14-7-9-16(10-8-14)21-15-5-3-2-4-6-15/h2-10H,1,11-12H2,(H,18,20). The molecule has 1 aliphatic heterocycles. The minimum absolute atomic E-state index is 0.136. The summed E-state index contributed by atoms with van der Waals surface area (Å²) in [5, 5.41) is 2.74. The summed E-state index contributed by atoms with van der Waals surface area (Å²) in [6.07, 6.45) is 0.758. The zero-order chi connectivity index (χ0) is 14.7. The molecule has 0 unspecified atom stereocenters. The van der Waals surface area contributed by atoms with Crippen LogP contribution in [-0.2, 0) is 0 Å². The summed E-state index contributed by atoms with van der Waals surface area (Å²) in [6.45, 7) is 4.42. The lowest BCUT2D eigenvalue weighted by molar-refractivity contribution is 0.246. The van der Waals surface area contributed by atoms with Gasteiger partial charge in [-0.15, -0.1) is 0 Å². The molecule has 0 atom stereocenters. The molecule has 1 saturated heterocycles. The van der Waals surface area contributed by atoms with Gasteiger partial charge in [-0.3, -0.25) is 4.90 Å². The van der Waals surface area contributed by atoms with E-state index in [4.69, 9.17) is 4.74 Å². The smallest absolute Gasteiger partial charge is 0.326 e. The number of ether oxygens (including phenoxy) is 1. The van der Waals surface area contributed by atoms with Gasteiger partial charge in [0.25, 0.3) is 0 Å². The minimum Gasteiger partial charge on any atom is -0.457 e. The molecule has 2 aromatic carbocycles. The average molecular weight is 280 g/mol. The second-order valence-electron chi connectivity index (χ2n) is 4.84. The number of carbonyl (C=O) groups is 1. The molecule has 4 nitrogen and oxygen atoms in total. The van der Waals surface area contributed by atoms with E-state index >= 15 is 0 Å². The highest BCUT2D eigenvalue weighted by Gasteiger charge is 2.21. The number of rotatable bonds is 3. The molecule has 0 aliphatic carbocycles. The van der Waals surface area contributed by atoms with Crippen molar-refractivity contribution in [3.05, 3.63) is 66.9 Å². The van der Waals surface area contributed by atoms with Gasteiger partial charge >= 0.3 is 6.03 Å². The molecule has 0 bridgehead atoms. The maximum Gasteiger partial charge on any atom is 0.326 e. The first kappa shape index (κ1) is 13.2. The fourth-order valence-corrected chi connectivity index (χ4v) is 2.19. The van der Waals surface area contributed by atoms with Crippen molar-refractivity contribution in [2.75, 3.05) is 11.4 Å². The van der Waals surface area contributed by atoms with Crippen molar-refractivity contribution in [2.45, 2.75) is 6.42 Å². The number of anilines is 1. The van der Waals surface area contributed by atoms with Crippen molar-refractivity contribution in [3.63, 3.8) is 0 Å². The van der Waals surface area contributed by atoms with Crippen LogP contribution in [0, 0.1) is 0 Å². The van der Waals surface area contributed by atoms with E-state index in [-0.39, 0.29) is 6.03 Å². The number of hydrogen-bond donors (Lipinski definition) is 1. The Balaban J connectivity index is 1.72. The molecular weight excluding hydrogens is 264 g/mol. The molecule has 0 radical (unpaired) electrons. The average Bonchev–Trinajstić information content (AvgIpc) is 2.49. The highest BCUT2D eigenvalue weighted by Crippen LogP contribution is 2.25. The van der Waals surface area contributed by atoms with Gasteiger partial charge in [0.05, 0.1) is 0 Å². The maximum absolute atomic E-state index is 11.9. The lowest BCUT2D eigenvalue weighted by Crippen LogP contribution is -2.45. The van der Waals surface area contributed by atoms with E-state index in [0.717, 1.165) is 29.3 Å². The summed E-state index contributed by atoms with van der Waals surface area (Å²) >= 11 is 0. The Labute approximate surface area is 123 Å². The third kappa shape index (κ3) is 3.05. The van der Waals surface area contributed by atoms with Crippen molar-refractivity contribution < 1.29 is 9.53 Å². The number of urea groups is 1. The predicted octanol–water partition coefficient (Wildman–Crippen LogP) is 3.91. The van der Waals surface area contributed by atoms with Gasteiger partial charge in [-0.25, -0.2) is 4.79 Å². The Morgan fingerprint density at radius 3 is 2.33 bits per heavy atom. The lowest BCUT2D eigenvalue weighted by Gasteiger charge is -2.28. The molecule has 21 heavy (non-hydrogen) atoms. The fourth-order valence-electron chi connectivity index (χ4n) is 2.19. The number of nitrogens with one attached hydrogen (secondary N) is 1. The Bertz CT molecular complexity index is 650. The van der Waals surface area contributed by atoms with Crippen LogP contribution in [0.5, 0.6) is 11.5 Å². The largest absolute Gasteiger partial charge is 0.457 e. The molecule has 3 rings (SSSR count). The van der Waals surface area contributed by atoms with E-state index in [1.165, 1.54) is 0 Å². The van der Waals surface area contributed by atoms with Gasteiger partial charge in [-0.1, -0.05) is 24.8 Å². The fraction of sp³-hybridized carbons (Fsp3) is 0.118. The van der Waals surface area contributed by atoms with Crippen LogP contribution in [0.25, 0.3) is 0 Å². The van der Waals surface area contributed by atoms with Crippen molar-refractivity contribution in [3.8, 4) is 11.5 Å². The molecule has 1 heterocycles. The molecule has 1 N–H and O–H groups in total. The molecule has 1 fully saturated rings. The molecule has 2 amide bonds. The highest BCUT2D eigenvalue weighted by molar-refractivity contribution is 5.94. The van der Waals surface area contributed by atoms with Gasteiger partial charge in [0.15, 0.2) is 0 Å². The summed E-state index contributed by atoms with van der Waals surface area (Å²) < 4.78 is 5.73. The van der Waals surface area contributed by atoms with Gasteiger partial charge in [0.2, 0.25) is 0 Å². The first-order chi connectivity index (χ1) is 10.2. The van der Waals surface area contributed by atoms with Crippen LogP contribution in [0.1, 0.15) is 6.42 Å². The topological polar surface area (TPSA) is 41.6 Å². The van der Waals surface area contributed by atoms with Gasteiger partial charge < -0.3 is 10.1 Å². The van der Waals surface area contributed by atoms with Crippen LogP contribution in [0.4, 0.5) is 10.5 Å². The number of nitrogens with zero attached hydrogens (tertiary/aromatic N) is 1. The van der Waals surface area contributed by atoms with E-state index in [1.54, 1.807) is 4.90 Å². The van der Waals surface area contributed by atoms with E-state index in [2.05, 4.69) is 11.9 Å². The van der Waals surface area contributed by atoms with Gasteiger partial charge in [0.1, 0.15) is 11.5 Å². The summed E-state index contributed by atoms with van der Waals surface area (Å²) in [6, 6.07) is 16.9. The molecule has 0 spiro atoms. The molecule has 4 heteroatoms. The normalized spacial score (nSPS) is 14.8. The molecule has 0 saturated carbocycles. The van der Waals surface area contributed by atoms with Crippen LogP contribution >= 0.6 is 0 Å². The van der Waals surface area contributed by atoms with Crippen molar-refractivity contribution in [2.24, 2.45) is 0 Å². The Morgan fingerprint density at radius 2 is 1.67 bits per heavy atom. The van der Waals surface area contributed by atoms with Gasteiger partial charge in [-0.05, 0) is 36.4 Å². The number of amides is 2. The second kappa shape index (κ2) is 5.71. The highest BCUT2D eigenvalue weighted by atomic mass is 16.5. The molecule has 0 aromatic heterocycles. The predicted molar refractivity (Wildman–Crippen MR) is 82.6 cm³/mol. The summed E-state index contributed by atoms with van der Waals surface area (Å²) in [4.78, 5) is 13.6. The molecular formula is C17H16N2O2. The number of carbonyl (C=O) groups excluding carboxylic acids is 1. The number of hydrogen-bond acceptors (Lipinski definition) is 2. The maximum atomic E-state index is 11.9. The van der Waals surface area contributed by atoms with Crippen LogP contribution in [0.3, 0.4) is 0 Å². The zero-order valence-electron chi connectivity index (χ0n) is 11.6. The van der Waals surface area contributed by atoms with E-state index in [9.17, 15) is 4.79 Å². The van der Waals surface area contributed by atoms with Gasteiger partial charge in [-0.2, -0.15) is 0 Å². The van der Waals surface area contributed by atoms with E-state index in [1.807, 2.05) is 54.6 Å². The summed E-state index contributed by atoms with van der Waals surface area (Å²) in [7, 11) is 0. The van der Waals surface area contributed by atoms with Gasteiger partial charge in [0, 0.05) is 24.4 Å². The molecule has 2 aromatic rings. The second-order valence-corrected chi connectivity index (χ2v) is 4.84. The zero-order valence-corrected chi connectivity index (χ0v) is 11.6. The van der Waals surface area contributed by atoms with Crippen molar-refractivity contribution >= 4 is 11.7 Å². The molecule has 1 aliphatic rings. The third-order valence-corrected chi connectivity index (χ3v) is 3.29. The number of benzene rings is 2. The Kier molecular flexibility index (Phi) is 3.60. The minimum atomic E-state index is -0.136. The van der Waals surface area contributed by atoms with Crippen LogP contribution in [0.2, 0.25) is 0 Å². The number of para-hydroxylation sites is 1. The van der Waals surface area contributed by atoms with E-state index in [0.29, 0.717) is 6.54 Å². The van der Waals surface area contributed by atoms with Crippen LogP contribution in [0.15, 0.2) is 66.9 Å². The SMILES string of the molecule is C=C1CCN(c2ccc(Oc3ccccc3)cc2)C(=O)N1. The first-order valence-corrected chi connectivity index (χ1v) is 6.81. The monoisotopic (exact) mass is 280 g/mol. The van der Waals surface area contributed by atoms with Crippen molar-refractivity contribution in [1.82, 2.24) is 5.32 Å². The Hall–Kier alpha value is -2.75.